The van der Waals surface area contributed by atoms with Crippen LogP contribution in [0.1, 0.15) is 47.5 Å². The zero-order valence-electron chi connectivity index (χ0n) is 21.0. The molecule has 0 bridgehead atoms. The van der Waals surface area contributed by atoms with E-state index in [1.54, 1.807) is 0 Å². The average molecular weight is 532 g/mol. The van der Waals surface area contributed by atoms with Gasteiger partial charge in [0.2, 0.25) is 29.5 Å². The first kappa shape index (κ1) is 32.8. The van der Waals surface area contributed by atoms with Crippen molar-refractivity contribution in [1.82, 2.24) is 26.6 Å². The summed E-state index contributed by atoms with van der Waals surface area (Å²) in [7, 11) is 0. The summed E-state index contributed by atoms with van der Waals surface area (Å²) in [5, 5.41) is 38.0. The molecule has 5 atom stereocenters. The predicted octanol–water partition coefficient (Wildman–Crippen LogP) is -2.84. The van der Waals surface area contributed by atoms with Crippen molar-refractivity contribution in [2.45, 2.75) is 77.7 Å². The van der Waals surface area contributed by atoms with Crippen LogP contribution in [0.15, 0.2) is 0 Å². The van der Waals surface area contributed by atoms with Crippen molar-refractivity contribution in [3.8, 4) is 0 Å². The number of carboxylic acids is 3. The van der Waals surface area contributed by atoms with E-state index in [-0.39, 0.29) is 0 Å². The van der Waals surface area contributed by atoms with Crippen LogP contribution in [0.2, 0.25) is 0 Å². The van der Waals surface area contributed by atoms with Gasteiger partial charge in [0, 0.05) is 6.92 Å². The lowest BCUT2D eigenvalue weighted by Gasteiger charge is -2.26. The molecule has 0 aliphatic rings. The number of rotatable bonds is 15. The summed E-state index contributed by atoms with van der Waals surface area (Å²) in [4.78, 5) is 94.3. The molecule has 0 fully saturated rings. The zero-order chi connectivity index (χ0) is 29.0. The topological polar surface area (TPSA) is 257 Å². The van der Waals surface area contributed by atoms with Gasteiger partial charge in [-0.25, -0.2) is 4.79 Å². The van der Waals surface area contributed by atoms with E-state index in [2.05, 4.69) is 21.3 Å². The van der Waals surface area contributed by atoms with Gasteiger partial charge in [-0.2, -0.15) is 0 Å². The summed E-state index contributed by atoms with van der Waals surface area (Å²) >= 11 is 0. The summed E-state index contributed by atoms with van der Waals surface area (Å²) in [6.45, 7) is 6.74. The molecule has 0 aromatic heterocycles. The number of hydrogen-bond acceptors (Lipinski definition) is 8. The Kier molecular flexibility index (Phi) is 13.3. The molecule has 0 aromatic carbocycles. The van der Waals surface area contributed by atoms with Crippen LogP contribution < -0.4 is 26.6 Å². The second-order valence-electron chi connectivity index (χ2n) is 8.54. The number of amides is 5. The smallest absolute Gasteiger partial charge is 0.326 e. The van der Waals surface area contributed by atoms with Gasteiger partial charge in [-0.05, 0) is 19.8 Å². The monoisotopic (exact) mass is 531 g/mol. The number of aliphatic carboxylic acids is 3. The molecule has 0 aliphatic heterocycles. The lowest BCUT2D eigenvalue weighted by molar-refractivity contribution is -0.147. The third kappa shape index (κ3) is 12.3. The van der Waals surface area contributed by atoms with Crippen molar-refractivity contribution < 1.29 is 53.7 Å². The highest BCUT2D eigenvalue weighted by Gasteiger charge is 2.33. The number of nitrogens with one attached hydrogen (secondary N) is 5. The zero-order valence-corrected chi connectivity index (χ0v) is 21.0. The minimum absolute atomic E-state index is 0.533. The minimum atomic E-state index is -1.75. The van der Waals surface area contributed by atoms with E-state index in [4.69, 9.17) is 15.3 Å². The van der Waals surface area contributed by atoms with Gasteiger partial charge in [-0.3, -0.25) is 33.6 Å². The molecule has 0 unspecified atom stereocenters. The molecule has 0 spiro atoms. The van der Waals surface area contributed by atoms with Crippen LogP contribution in [0, 0.1) is 5.92 Å². The van der Waals surface area contributed by atoms with E-state index in [9.17, 15) is 38.4 Å². The second-order valence-corrected chi connectivity index (χ2v) is 8.54. The van der Waals surface area contributed by atoms with Gasteiger partial charge < -0.3 is 41.9 Å². The maximum Gasteiger partial charge on any atom is 0.326 e. The first-order valence-corrected chi connectivity index (χ1v) is 11.1. The van der Waals surface area contributed by atoms with Crippen LogP contribution in [-0.2, 0) is 38.4 Å². The van der Waals surface area contributed by atoms with Gasteiger partial charge >= 0.3 is 17.9 Å². The molecule has 0 radical (unpaired) electrons. The standard InChI is InChI=1S/C21H33N5O11/c1-8(2)16(20(35)23-10(4)18(33)25-13(21(36)37)7-15(30)31)26-19(34)12(6-14(28)29)24-17(32)9(3)22-11(5)27/h8-10,12-13,16H,6-7H2,1-5H3,(H,22,27)(H,23,35)(H,24,32)(H,25,33)(H,26,34)(H,28,29)(H,30,31)(H,36,37)/t9-,10-,12-,13-,16-/m0/s1. The maximum atomic E-state index is 12.8. The Morgan fingerprint density at radius 3 is 1.41 bits per heavy atom. The first-order chi connectivity index (χ1) is 17.0. The summed E-state index contributed by atoms with van der Waals surface area (Å²) in [5.41, 5.74) is 0. The van der Waals surface area contributed by atoms with Crippen molar-refractivity contribution in [2.24, 2.45) is 5.92 Å². The highest BCUT2D eigenvalue weighted by molar-refractivity contribution is 5.97. The summed E-state index contributed by atoms with van der Waals surface area (Å²) in [5.74, 6) is -9.38. The van der Waals surface area contributed by atoms with Crippen LogP contribution in [0.4, 0.5) is 0 Å². The van der Waals surface area contributed by atoms with Crippen molar-refractivity contribution in [3.05, 3.63) is 0 Å². The van der Waals surface area contributed by atoms with E-state index < -0.39 is 96.4 Å². The molecule has 0 rings (SSSR count). The SMILES string of the molecule is CC(=O)N[C@@H](C)C(=O)N[C@@H](CC(=O)O)C(=O)N[C@H](C(=O)N[C@@H](C)C(=O)N[C@@H](CC(=O)O)C(=O)O)C(C)C. The first-order valence-electron chi connectivity index (χ1n) is 11.1. The lowest BCUT2D eigenvalue weighted by atomic mass is 10.0. The van der Waals surface area contributed by atoms with E-state index in [1.807, 2.05) is 5.32 Å². The molecule has 0 heterocycles. The van der Waals surface area contributed by atoms with Crippen LogP contribution in [0.3, 0.4) is 0 Å². The molecular formula is C21H33N5O11. The van der Waals surface area contributed by atoms with Crippen molar-refractivity contribution in [1.29, 1.82) is 0 Å². The molecule has 0 aliphatic carbocycles. The highest BCUT2D eigenvalue weighted by Crippen LogP contribution is 2.05. The lowest BCUT2D eigenvalue weighted by Crippen LogP contribution is -2.59. The average Bonchev–Trinajstić information content (AvgIpc) is 2.74. The second kappa shape index (κ2) is 15.0. The van der Waals surface area contributed by atoms with Gasteiger partial charge in [0.1, 0.15) is 30.2 Å². The Bertz CT molecular complexity index is 921. The summed E-state index contributed by atoms with van der Waals surface area (Å²) in [6, 6.07) is -7.08. The molecule has 0 aromatic rings. The predicted molar refractivity (Wildman–Crippen MR) is 124 cm³/mol. The van der Waals surface area contributed by atoms with E-state index >= 15 is 0 Å². The summed E-state index contributed by atoms with van der Waals surface area (Å²) < 4.78 is 0. The Hall–Kier alpha value is -4.24. The quantitative estimate of drug-likeness (QED) is 0.107. The van der Waals surface area contributed by atoms with Crippen molar-refractivity contribution in [3.63, 3.8) is 0 Å². The van der Waals surface area contributed by atoms with Crippen LogP contribution in [0.25, 0.3) is 0 Å². The minimum Gasteiger partial charge on any atom is -0.481 e. The molecular weight excluding hydrogens is 498 g/mol. The third-order valence-corrected chi connectivity index (χ3v) is 4.82. The van der Waals surface area contributed by atoms with Crippen molar-refractivity contribution >= 4 is 47.4 Å². The van der Waals surface area contributed by atoms with E-state index in [0.717, 1.165) is 6.92 Å². The molecule has 5 amide bonds. The van der Waals surface area contributed by atoms with E-state index in [1.165, 1.54) is 27.7 Å². The molecule has 16 heteroatoms. The molecule has 8 N–H and O–H groups in total. The van der Waals surface area contributed by atoms with Gasteiger partial charge in [-0.15, -0.1) is 0 Å². The van der Waals surface area contributed by atoms with Crippen molar-refractivity contribution in [2.75, 3.05) is 0 Å². The number of hydrogen-bond donors (Lipinski definition) is 8. The fraction of sp³-hybridized carbons (Fsp3) is 0.619. The van der Waals surface area contributed by atoms with Gasteiger partial charge in [0.25, 0.3) is 0 Å². The fourth-order valence-electron chi connectivity index (χ4n) is 2.88. The molecule has 0 saturated heterocycles. The molecule has 16 nitrogen and oxygen atoms in total. The summed E-state index contributed by atoms with van der Waals surface area (Å²) in [6.07, 6.45) is -1.74. The molecule has 208 valence electrons. The Balaban J connectivity index is 5.45. The van der Waals surface area contributed by atoms with Crippen LogP contribution >= 0.6 is 0 Å². The van der Waals surface area contributed by atoms with Gasteiger partial charge in [0.05, 0.1) is 12.8 Å². The normalized spacial score (nSPS) is 14.6. The molecule has 0 saturated carbocycles. The highest BCUT2D eigenvalue weighted by atomic mass is 16.4. The van der Waals surface area contributed by atoms with Gasteiger partial charge in [0.15, 0.2) is 0 Å². The maximum absolute atomic E-state index is 12.8. The largest absolute Gasteiger partial charge is 0.481 e. The third-order valence-electron chi connectivity index (χ3n) is 4.82. The number of carbonyl (C=O) groups is 8. The Morgan fingerprint density at radius 2 is 1.00 bits per heavy atom. The Morgan fingerprint density at radius 1 is 0.568 bits per heavy atom. The Labute approximate surface area is 211 Å². The van der Waals surface area contributed by atoms with Crippen LogP contribution in [-0.4, -0.2) is 93.0 Å². The molecule has 37 heavy (non-hydrogen) atoms. The fourth-order valence-corrected chi connectivity index (χ4v) is 2.88. The van der Waals surface area contributed by atoms with Gasteiger partial charge in [-0.1, -0.05) is 13.8 Å². The number of carbonyl (C=O) groups excluding carboxylic acids is 5. The number of carboxylic acid groups (broad SMARTS) is 3. The van der Waals surface area contributed by atoms with E-state index in [0.29, 0.717) is 0 Å². The van der Waals surface area contributed by atoms with Crippen LogP contribution in [0.5, 0.6) is 0 Å².